The molecule has 0 aliphatic carbocycles. The molecule has 0 amide bonds. The summed E-state index contributed by atoms with van der Waals surface area (Å²) in [5.74, 6) is 1.83. The van der Waals surface area contributed by atoms with Gasteiger partial charge in [-0.3, -0.25) is 4.99 Å². The summed E-state index contributed by atoms with van der Waals surface area (Å²) in [6.45, 7) is 8.21. The van der Waals surface area contributed by atoms with Crippen molar-refractivity contribution in [1.82, 2.24) is 0 Å². The lowest BCUT2D eigenvalue weighted by Crippen LogP contribution is -2.08. The summed E-state index contributed by atoms with van der Waals surface area (Å²) in [6, 6.07) is 24.6. The van der Waals surface area contributed by atoms with E-state index in [0.29, 0.717) is 65.3 Å². The molecule has 0 spiro atoms. The number of carbonyl (C=O) groups excluding carboxylic acids is 1. The van der Waals surface area contributed by atoms with Crippen molar-refractivity contribution in [3.63, 3.8) is 0 Å². The first-order valence-corrected chi connectivity index (χ1v) is 19.2. The molecule has 0 bridgehead atoms. The van der Waals surface area contributed by atoms with Gasteiger partial charge < -0.3 is 24.1 Å². The monoisotopic (exact) mass is 721 g/mol. The van der Waals surface area contributed by atoms with Gasteiger partial charge in [0.25, 0.3) is 0 Å². The van der Waals surface area contributed by atoms with Crippen LogP contribution in [0.1, 0.15) is 114 Å². The van der Waals surface area contributed by atoms with E-state index in [1.54, 1.807) is 72.9 Å². The Morgan fingerprint density at radius 3 is 1.87 bits per heavy atom. The van der Waals surface area contributed by atoms with Gasteiger partial charge in [0.1, 0.15) is 28.7 Å². The van der Waals surface area contributed by atoms with E-state index in [2.05, 4.69) is 36.0 Å². The maximum absolute atomic E-state index is 13.0. The molecule has 53 heavy (non-hydrogen) atoms. The number of phenols is 1. The molecule has 0 fully saturated rings. The Kier molecular flexibility index (Phi) is 17.9. The molecule has 0 aromatic heterocycles. The van der Waals surface area contributed by atoms with E-state index in [-0.39, 0.29) is 5.75 Å². The largest absolute Gasteiger partial charge is 0.507 e. The standard InChI is InChI=1S/C44H55N3O6/c1-4-7-10-11-12-13-14-15-30-50-38-23-16-34(17-24-38)44(49)53-40-26-27-41(43(32-40)52-29-9-6-3)47-46-37-21-19-36(20-22-37)45-33-35-18-25-39(31-42(35)48)51-28-8-5-2/h16-27,31-33,48H,4-15,28-30H2,1-3H3. The number of carbonyl (C=O) groups is 1. The molecule has 0 heterocycles. The Labute approximate surface area is 315 Å². The molecule has 4 aromatic rings. The minimum absolute atomic E-state index is 0.106. The maximum Gasteiger partial charge on any atom is 0.343 e. The van der Waals surface area contributed by atoms with E-state index in [9.17, 15) is 9.90 Å². The predicted molar refractivity (Wildman–Crippen MR) is 213 cm³/mol. The summed E-state index contributed by atoms with van der Waals surface area (Å²) >= 11 is 0. The molecular formula is C44H55N3O6. The fraction of sp³-hybridized carbons (Fsp3) is 0.409. The van der Waals surface area contributed by atoms with Gasteiger partial charge in [-0.1, -0.05) is 78.6 Å². The average Bonchev–Trinajstić information content (AvgIpc) is 3.17. The Hall–Kier alpha value is -5.18. The van der Waals surface area contributed by atoms with E-state index in [0.717, 1.165) is 37.9 Å². The zero-order valence-corrected chi connectivity index (χ0v) is 31.6. The lowest BCUT2D eigenvalue weighted by Gasteiger charge is -2.11. The molecule has 4 aromatic carbocycles. The Morgan fingerprint density at radius 2 is 1.17 bits per heavy atom. The molecule has 0 aliphatic rings. The highest BCUT2D eigenvalue weighted by molar-refractivity contribution is 5.91. The number of esters is 1. The zero-order chi connectivity index (χ0) is 37.5. The first-order chi connectivity index (χ1) is 26.0. The van der Waals surface area contributed by atoms with Crippen LogP contribution in [0.3, 0.4) is 0 Å². The van der Waals surface area contributed by atoms with Crippen molar-refractivity contribution in [1.29, 1.82) is 0 Å². The third-order valence-corrected chi connectivity index (χ3v) is 8.50. The molecule has 0 atom stereocenters. The van der Waals surface area contributed by atoms with Crippen molar-refractivity contribution >= 4 is 29.2 Å². The highest BCUT2D eigenvalue weighted by atomic mass is 16.5. The van der Waals surface area contributed by atoms with E-state index < -0.39 is 5.97 Å². The molecule has 1 N–H and O–H groups in total. The van der Waals surface area contributed by atoms with Gasteiger partial charge in [0.05, 0.1) is 36.8 Å². The van der Waals surface area contributed by atoms with Crippen molar-refractivity contribution in [3.8, 4) is 28.7 Å². The van der Waals surface area contributed by atoms with E-state index in [1.165, 1.54) is 44.9 Å². The number of aliphatic imine (C=N–C) groups is 1. The van der Waals surface area contributed by atoms with Crippen LogP contribution in [0.2, 0.25) is 0 Å². The number of ether oxygens (including phenoxy) is 4. The van der Waals surface area contributed by atoms with Crippen molar-refractivity contribution in [2.75, 3.05) is 19.8 Å². The topological polar surface area (TPSA) is 111 Å². The van der Waals surface area contributed by atoms with Crippen LogP contribution in [0.4, 0.5) is 17.1 Å². The van der Waals surface area contributed by atoms with E-state index in [1.807, 2.05) is 18.2 Å². The van der Waals surface area contributed by atoms with Crippen LogP contribution in [-0.4, -0.2) is 37.1 Å². The van der Waals surface area contributed by atoms with Crippen molar-refractivity contribution in [2.45, 2.75) is 97.8 Å². The van der Waals surface area contributed by atoms with Gasteiger partial charge >= 0.3 is 5.97 Å². The molecular weight excluding hydrogens is 666 g/mol. The number of hydrogen-bond donors (Lipinski definition) is 1. The first kappa shape index (κ1) is 40.6. The van der Waals surface area contributed by atoms with E-state index in [4.69, 9.17) is 18.9 Å². The molecule has 4 rings (SSSR count). The normalized spacial score (nSPS) is 11.3. The van der Waals surface area contributed by atoms with Gasteiger partial charge in [-0.15, -0.1) is 5.11 Å². The number of unbranched alkanes of at least 4 members (excludes halogenated alkanes) is 9. The summed E-state index contributed by atoms with van der Waals surface area (Å²) in [4.78, 5) is 17.5. The lowest BCUT2D eigenvalue weighted by molar-refractivity contribution is 0.0734. The minimum atomic E-state index is -0.472. The Morgan fingerprint density at radius 1 is 0.585 bits per heavy atom. The van der Waals surface area contributed by atoms with Gasteiger partial charge in [0, 0.05) is 23.9 Å². The summed E-state index contributed by atoms with van der Waals surface area (Å²) in [5, 5.41) is 19.2. The molecule has 0 unspecified atom stereocenters. The second-order valence-electron chi connectivity index (χ2n) is 13.0. The number of azo groups is 1. The summed E-state index contributed by atoms with van der Waals surface area (Å²) < 4.78 is 23.3. The quantitative estimate of drug-likeness (QED) is 0.0253. The smallest absolute Gasteiger partial charge is 0.343 e. The minimum Gasteiger partial charge on any atom is -0.507 e. The van der Waals surface area contributed by atoms with Crippen LogP contribution < -0.4 is 18.9 Å². The summed E-state index contributed by atoms with van der Waals surface area (Å²) in [7, 11) is 0. The third-order valence-electron chi connectivity index (χ3n) is 8.50. The first-order valence-electron chi connectivity index (χ1n) is 19.2. The number of aromatic hydroxyl groups is 1. The van der Waals surface area contributed by atoms with E-state index >= 15 is 0 Å². The Bertz CT molecular complexity index is 1720. The van der Waals surface area contributed by atoms with Crippen molar-refractivity contribution < 1.29 is 28.8 Å². The van der Waals surface area contributed by atoms with Gasteiger partial charge in [0.15, 0.2) is 5.75 Å². The fourth-order valence-electron chi connectivity index (χ4n) is 5.28. The van der Waals surface area contributed by atoms with Crippen LogP contribution >= 0.6 is 0 Å². The van der Waals surface area contributed by atoms with Gasteiger partial charge in [0.2, 0.25) is 0 Å². The lowest BCUT2D eigenvalue weighted by atomic mass is 10.1. The maximum atomic E-state index is 13.0. The second-order valence-corrected chi connectivity index (χ2v) is 13.0. The molecule has 0 saturated carbocycles. The second kappa shape index (κ2) is 23.4. The Balaban J connectivity index is 1.31. The number of benzene rings is 4. The fourth-order valence-corrected chi connectivity index (χ4v) is 5.28. The zero-order valence-electron chi connectivity index (χ0n) is 31.6. The van der Waals surface area contributed by atoms with Gasteiger partial charge in [-0.25, -0.2) is 4.79 Å². The third kappa shape index (κ3) is 14.8. The molecule has 282 valence electrons. The molecule has 0 aliphatic heterocycles. The highest BCUT2D eigenvalue weighted by Crippen LogP contribution is 2.34. The molecule has 0 saturated heterocycles. The SMILES string of the molecule is CCCCCCCCCCOc1ccc(C(=O)Oc2ccc(N=Nc3ccc(N=Cc4ccc(OCCCC)cc4O)cc3)c(OCCCC)c2)cc1. The molecule has 9 heteroatoms. The molecule has 9 nitrogen and oxygen atoms in total. The predicted octanol–water partition coefficient (Wildman–Crippen LogP) is 12.7. The van der Waals surface area contributed by atoms with Crippen LogP contribution in [0.15, 0.2) is 100 Å². The van der Waals surface area contributed by atoms with Crippen molar-refractivity contribution in [2.24, 2.45) is 15.2 Å². The van der Waals surface area contributed by atoms with Crippen LogP contribution in [0.25, 0.3) is 0 Å². The summed E-state index contributed by atoms with van der Waals surface area (Å²) in [6.07, 6.45) is 15.5. The van der Waals surface area contributed by atoms with Gasteiger partial charge in [-0.2, -0.15) is 5.11 Å². The molecule has 0 radical (unpaired) electrons. The average molecular weight is 722 g/mol. The van der Waals surface area contributed by atoms with Crippen LogP contribution in [-0.2, 0) is 0 Å². The summed E-state index contributed by atoms with van der Waals surface area (Å²) in [5.41, 5.74) is 2.85. The van der Waals surface area contributed by atoms with Crippen LogP contribution in [0.5, 0.6) is 28.7 Å². The van der Waals surface area contributed by atoms with Gasteiger partial charge in [-0.05, 0) is 92.1 Å². The number of phenolic OH excluding ortho intramolecular Hbond substituents is 1. The number of rotatable bonds is 24. The number of nitrogens with zero attached hydrogens (tertiary/aromatic N) is 3. The number of hydrogen-bond acceptors (Lipinski definition) is 9. The van der Waals surface area contributed by atoms with Crippen LogP contribution in [0, 0.1) is 0 Å². The highest BCUT2D eigenvalue weighted by Gasteiger charge is 2.13. The van der Waals surface area contributed by atoms with Crippen molar-refractivity contribution in [3.05, 3.63) is 96.1 Å².